The first-order valence-electron chi connectivity index (χ1n) is 4.73. The molecule has 3 nitrogen and oxygen atoms in total. The predicted octanol–water partition coefficient (Wildman–Crippen LogP) is 1.95. The smallest absolute Gasteiger partial charge is 0.254 e. The maximum Gasteiger partial charge on any atom is 0.254 e. The summed E-state index contributed by atoms with van der Waals surface area (Å²) in [4.78, 5) is 0. The van der Waals surface area contributed by atoms with E-state index in [0.29, 0.717) is 6.04 Å². The summed E-state index contributed by atoms with van der Waals surface area (Å²) in [6, 6.07) is 10.5. The Morgan fingerprint density at radius 3 is 2.20 bits per heavy atom. The molecule has 0 fully saturated rings. The molecule has 0 aliphatic heterocycles. The van der Waals surface area contributed by atoms with Crippen LogP contribution in [0.25, 0.3) is 0 Å². The Kier molecular flexibility index (Phi) is 3.70. The third kappa shape index (κ3) is 5.11. The molecule has 0 spiro atoms. The van der Waals surface area contributed by atoms with Crippen LogP contribution < -0.4 is 0 Å². The van der Waals surface area contributed by atoms with Crippen LogP contribution in [0.1, 0.15) is 5.56 Å². The Balaban J connectivity index is 2.73. The van der Waals surface area contributed by atoms with Gasteiger partial charge in [-0.1, -0.05) is 30.3 Å². The normalized spacial score (nSPS) is 12.7. The van der Waals surface area contributed by atoms with Crippen LogP contribution in [-0.4, -0.2) is 23.0 Å². The summed E-state index contributed by atoms with van der Waals surface area (Å²) in [6.07, 6.45) is 1.10. The molecule has 0 N–H and O–H groups in total. The minimum Gasteiger partial charge on any atom is -0.315 e. The van der Waals surface area contributed by atoms with E-state index in [1.54, 1.807) is 0 Å². The van der Waals surface area contributed by atoms with Gasteiger partial charge in [0.1, 0.15) is 0 Å². The van der Waals surface area contributed by atoms with E-state index in [-0.39, 0.29) is 0 Å². The van der Waals surface area contributed by atoms with Crippen LogP contribution in [0.15, 0.2) is 30.3 Å². The van der Waals surface area contributed by atoms with Gasteiger partial charge in [-0.25, -0.2) is 8.42 Å². The molecule has 0 aromatic heterocycles. The standard InChI is InChI=1S/C10H16O3SSi/c1-14(11,12)13-15(2,3)9-10-7-5-4-6-8-10/h4-8H,9H2,1-3H3. The van der Waals surface area contributed by atoms with Crippen molar-refractivity contribution in [3.8, 4) is 0 Å². The van der Waals surface area contributed by atoms with Crippen molar-refractivity contribution in [2.24, 2.45) is 0 Å². The number of benzene rings is 1. The topological polar surface area (TPSA) is 43.4 Å². The Bertz CT molecular complexity index is 412. The van der Waals surface area contributed by atoms with Crippen molar-refractivity contribution in [1.82, 2.24) is 0 Å². The van der Waals surface area contributed by atoms with Crippen LogP contribution in [0, 0.1) is 0 Å². The maximum absolute atomic E-state index is 11.0. The van der Waals surface area contributed by atoms with E-state index in [4.69, 9.17) is 3.87 Å². The average Bonchev–Trinajstić information content (AvgIpc) is 1.99. The summed E-state index contributed by atoms with van der Waals surface area (Å²) in [5.74, 6) is 0. The lowest BCUT2D eigenvalue weighted by Gasteiger charge is -2.20. The van der Waals surface area contributed by atoms with E-state index in [0.717, 1.165) is 11.8 Å². The Morgan fingerprint density at radius 1 is 1.20 bits per heavy atom. The first-order valence-corrected chi connectivity index (χ1v) is 9.66. The Labute approximate surface area is 92.3 Å². The van der Waals surface area contributed by atoms with E-state index in [2.05, 4.69) is 0 Å². The SMILES string of the molecule is C[Si](C)(Cc1ccccc1)OS(C)(=O)=O. The molecule has 0 aliphatic carbocycles. The largest absolute Gasteiger partial charge is 0.315 e. The van der Waals surface area contributed by atoms with Gasteiger partial charge in [0.05, 0.1) is 6.26 Å². The van der Waals surface area contributed by atoms with Gasteiger partial charge >= 0.3 is 0 Å². The second-order valence-corrected chi connectivity index (χ2v) is 10.2. The van der Waals surface area contributed by atoms with Gasteiger partial charge in [0.2, 0.25) is 8.32 Å². The molecule has 5 heteroatoms. The molecule has 0 heterocycles. The van der Waals surface area contributed by atoms with E-state index in [9.17, 15) is 8.42 Å². The van der Waals surface area contributed by atoms with Crippen molar-refractivity contribution in [3.05, 3.63) is 35.9 Å². The average molecular weight is 244 g/mol. The summed E-state index contributed by atoms with van der Waals surface area (Å²) in [5.41, 5.74) is 1.12. The zero-order valence-electron chi connectivity index (χ0n) is 9.23. The Morgan fingerprint density at radius 2 is 1.73 bits per heavy atom. The van der Waals surface area contributed by atoms with Crippen LogP contribution in [-0.2, 0) is 20.0 Å². The fourth-order valence-corrected chi connectivity index (χ4v) is 6.26. The van der Waals surface area contributed by atoms with Crippen LogP contribution in [0.2, 0.25) is 13.1 Å². The molecule has 0 atom stereocenters. The van der Waals surface area contributed by atoms with Crippen molar-refractivity contribution >= 4 is 18.4 Å². The molecule has 0 amide bonds. The summed E-state index contributed by atoms with van der Waals surface area (Å²) in [6.45, 7) is 3.81. The second-order valence-electron chi connectivity index (χ2n) is 4.21. The van der Waals surface area contributed by atoms with Gasteiger partial charge in [0, 0.05) is 0 Å². The Hall–Kier alpha value is -0.653. The number of hydrogen-bond acceptors (Lipinski definition) is 3. The molecule has 15 heavy (non-hydrogen) atoms. The van der Waals surface area contributed by atoms with E-state index in [1.165, 1.54) is 0 Å². The third-order valence-corrected chi connectivity index (χ3v) is 6.13. The first kappa shape index (κ1) is 12.4. The van der Waals surface area contributed by atoms with Crippen LogP contribution in [0.5, 0.6) is 0 Å². The monoisotopic (exact) mass is 244 g/mol. The third-order valence-electron chi connectivity index (χ3n) is 1.85. The van der Waals surface area contributed by atoms with Gasteiger partial charge < -0.3 is 3.87 Å². The lowest BCUT2D eigenvalue weighted by Crippen LogP contribution is -2.36. The fourth-order valence-electron chi connectivity index (χ4n) is 1.53. The molecule has 84 valence electrons. The molecule has 0 bridgehead atoms. The van der Waals surface area contributed by atoms with E-state index >= 15 is 0 Å². The van der Waals surface area contributed by atoms with Crippen LogP contribution >= 0.6 is 0 Å². The fraction of sp³-hybridized carbons (Fsp3) is 0.400. The molecule has 0 saturated heterocycles. The molecule has 0 saturated carbocycles. The van der Waals surface area contributed by atoms with Crippen molar-refractivity contribution in [2.45, 2.75) is 19.1 Å². The van der Waals surface area contributed by atoms with Gasteiger partial charge in [-0.3, -0.25) is 0 Å². The molecule has 1 aromatic rings. The van der Waals surface area contributed by atoms with Crippen LogP contribution in [0.3, 0.4) is 0 Å². The van der Waals surface area contributed by atoms with Gasteiger partial charge in [0.25, 0.3) is 10.1 Å². The van der Waals surface area contributed by atoms with Crippen molar-refractivity contribution in [2.75, 3.05) is 6.26 Å². The molecule has 0 unspecified atom stereocenters. The minimum atomic E-state index is -3.34. The molecular weight excluding hydrogens is 228 g/mol. The maximum atomic E-state index is 11.0. The summed E-state index contributed by atoms with van der Waals surface area (Å²) < 4.78 is 27.2. The predicted molar refractivity (Wildman–Crippen MR) is 63.6 cm³/mol. The lowest BCUT2D eigenvalue weighted by atomic mass is 10.2. The van der Waals surface area contributed by atoms with Crippen molar-refractivity contribution in [3.63, 3.8) is 0 Å². The van der Waals surface area contributed by atoms with Gasteiger partial charge in [-0.05, 0) is 24.7 Å². The minimum absolute atomic E-state index is 0.709. The van der Waals surface area contributed by atoms with Gasteiger partial charge in [0.15, 0.2) is 0 Å². The molecule has 1 rings (SSSR count). The quantitative estimate of drug-likeness (QED) is 0.760. The highest BCUT2D eigenvalue weighted by Crippen LogP contribution is 2.15. The zero-order chi connectivity index (χ0) is 11.5. The molecule has 0 radical (unpaired) electrons. The summed E-state index contributed by atoms with van der Waals surface area (Å²) in [7, 11) is -5.51. The second kappa shape index (κ2) is 4.47. The zero-order valence-corrected chi connectivity index (χ0v) is 11.0. The van der Waals surface area contributed by atoms with E-state index in [1.807, 2.05) is 43.4 Å². The highest BCUT2D eigenvalue weighted by molar-refractivity contribution is 7.87. The van der Waals surface area contributed by atoms with E-state index < -0.39 is 18.4 Å². The highest BCUT2D eigenvalue weighted by Gasteiger charge is 2.27. The van der Waals surface area contributed by atoms with Crippen molar-refractivity contribution in [1.29, 1.82) is 0 Å². The highest BCUT2D eigenvalue weighted by atomic mass is 32.2. The number of hydrogen-bond donors (Lipinski definition) is 0. The van der Waals surface area contributed by atoms with Gasteiger partial charge in [-0.15, -0.1) is 0 Å². The molecule has 0 aliphatic rings. The lowest BCUT2D eigenvalue weighted by molar-refractivity contribution is 0.488. The van der Waals surface area contributed by atoms with Gasteiger partial charge in [-0.2, -0.15) is 0 Å². The first-order chi connectivity index (χ1) is 6.79. The summed E-state index contributed by atoms with van der Waals surface area (Å²) >= 11 is 0. The summed E-state index contributed by atoms with van der Waals surface area (Å²) in [5, 5.41) is 0. The molecular formula is C10H16O3SSi. The number of rotatable bonds is 4. The van der Waals surface area contributed by atoms with Crippen LogP contribution in [0.4, 0.5) is 0 Å². The van der Waals surface area contributed by atoms with Crippen molar-refractivity contribution < 1.29 is 12.3 Å². The molecule has 1 aromatic carbocycles.